The van der Waals surface area contributed by atoms with E-state index in [1.807, 2.05) is 0 Å². The molecule has 0 bridgehead atoms. The smallest absolute Gasteiger partial charge is 0.371 e. The van der Waals surface area contributed by atoms with Gasteiger partial charge in [0.2, 0.25) is 34.6 Å². The highest BCUT2D eigenvalue weighted by Gasteiger charge is 2.23. The maximum absolute atomic E-state index is 12.3. The van der Waals surface area contributed by atoms with Crippen LogP contribution in [0.1, 0.15) is 63.3 Å². The fraction of sp³-hybridized carbons (Fsp3) is 0.130. The van der Waals surface area contributed by atoms with Crippen LogP contribution in [0.3, 0.4) is 0 Å². The molecule has 0 fully saturated rings. The molecule has 6 heterocycles. The molecule has 33 nitrogen and oxygen atoms in total. The minimum Gasteiger partial charge on any atom is -0.490 e. The molecule has 12 aromatic rings. The first-order chi connectivity index (χ1) is 48.7. The van der Waals surface area contributed by atoms with Gasteiger partial charge >= 0.3 is 35.8 Å². The summed E-state index contributed by atoms with van der Waals surface area (Å²) >= 11 is 0. The number of benzene rings is 6. The van der Waals surface area contributed by atoms with E-state index in [0.29, 0.717) is 0 Å². The van der Waals surface area contributed by atoms with E-state index in [9.17, 15) is 72.9 Å². The molecule has 12 rings (SSSR count). The number of aliphatic hydroxyl groups is 3. The number of aliphatic hydroxyl groups excluding tert-OH is 3. The summed E-state index contributed by atoms with van der Waals surface area (Å²) < 4.78 is 64.3. The van der Waals surface area contributed by atoms with Gasteiger partial charge in [-0.25, -0.2) is 28.8 Å². The molecule has 0 atom stereocenters. The van der Waals surface area contributed by atoms with Gasteiger partial charge in [-0.1, -0.05) is 36.4 Å². The lowest BCUT2D eigenvalue weighted by Gasteiger charge is -2.15. The van der Waals surface area contributed by atoms with Crippen LogP contribution in [0, 0.1) is 0 Å². The van der Waals surface area contributed by atoms with Crippen molar-refractivity contribution >= 4 is 102 Å². The summed E-state index contributed by atoms with van der Waals surface area (Å²) in [7, 11) is 0. The van der Waals surface area contributed by atoms with Crippen molar-refractivity contribution in [1.29, 1.82) is 0 Å². The highest BCUT2D eigenvalue weighted by Crippen LogP contribution is 2.30. The second kappa shape index (κ2) is 30.7. The van der Waals surface area contributed by atoms with Crippen LogP contribution < -0.4 is 61.0 Å². The summed E-state index contributed by atoms with van der Waals surface area (Å²) in [5, 5.41) is 85.1. The Morgan fingerprint density at radius 1 is 0.255 bits per heavy atom. The topological polar surface area (TPSA) is 521 Å². The molecule has 0 unspecified atom stereocenters. The third-order valence-electron chi connectivity index (χ3n) is 14.2. The first kappa shape index (κ1) is 70.9. The van der Waals surface area contributed by atoms with Crippen LogP contribution in [0.4, 0.5) is 0 Å². The molecule has 9 N–H and O–H groups in total. The van der Waals surface area contributed by atoms with Gasteiger partial charge in [0.25, 0.3) is 0 Å². The van der Waals surface area contributed by atoms with Crippen molar-refractivity contribution in [1.82, 2.24) is 0 Å². The van der Waals surface area contributed by atoms with Gasteiger partial charge in [0.15, 0.2) is 32.6 Å². The Morgan fingerprint density at radius 2 is 0.392 bits per heavy atom. The van der Waals surface area contributed by atoms with Crippen LogP contribution in [0.25, 0.3) is 65.8 Å². The van der Waals surface area contributed by atoms with E-state index in [0.717, 1.165) is 36.4 Å². The first-order valence-corrected chi connectivity index (χ1v) is 29.3. The number of carboxylic acid groups (broad SMARTS) is 6. The van der Waals surface area contributed by atoms with Gasteiger partial charge in [0.05, 0.1) is 0 Å². The largest absolute Gasteiger partial charge is 0.490 e. The molecule has 0 radical (unpaired) electrons. The van der Waals surface area contributed by atoms with Gasteiger partial charge < -0.3 is 101 Å². The van der Waals surface area contributed by atoms with Gasteiger partial charge in [0.1, 0.15) is 158 Å². The number of rotatable bonds is 24. The van der Waals surface area contributed by atoms with Gasteiger partial charge in [-0.05, 0) is 72.8 Å². The number of carboxylic acids is 6. The highest BCUT2D eigenvalue weighted by atomic mass is 16.5. The van der Waals surface area contributed by atoms with E-state index in [1.54, 1.807) is 0 Å². The van der Waals surface area contributed by atoms with Crippen molar-refractivity contribution in [3.05, 3.63) is 241 Å². The molecule has 0 amide bonds. The Balaban J connectivity index is 0.000000165. The van der Waals surface area contributed by atoms with Crippen LogP contribution in [-0.4, -0.2) is 140 Å². The lowest BCUT2D eigenvalue weighted by molar-refractivity contribution is 0.0634. The minimum atomic E-state index is -1.39. The standard InChI is InChI=1S/3C23H16O11/c3*24-11(9-31-14-3-1-5-16-20(14)12(25)7-18(33-16)22(27)28)10-32-15-4-2-6-17-21(15)13(26)8-19(34-17)23(29)30/h3*1-8,11,24H,9-10H2,(H,27,28)(H,29,30). The Bertz CT molecular complexity index is 4800. The van der Waals surface area contributed by atoms with E-state index in [4.69, 9.17) is 85.6 Å². The van der Waals surface area contributed by atoms with Crippen molar-refractivity contribution in [3.8, 4) is 34.5 Å². The third kappa shape index (κ3) is 16.2. The lowest BCUT2D eigenvalue weighted by Crippen LogP contribution is -2.25. The monoisotopic (exact) mass is 1400 g/mol. The van der Waals surface area contributed by atoms with Crippen molar-refractivity contribution in [3.63, 3.8) is 0 Å². The molecule has 0 aliphatic carbocycles. The van der Waals surface area contributed by atoms with Gasteiger partial charge in [-0.3, -0.25) is 28.8 Å². The maximum Gasteiger partial charge on any atom is 0.371 e. The molecule has 33 heteroatoms. The van der Waals surface area contributed by atoms with Crippen LogP contribution in [0.5, 0.6) is 34.5 Å². The van der Waals surface area contributed by atoms with Crippen LogP contribution in [0.2, 0.25) is 0 Å². The fourth-order valence-corrected chi connectivity index (χ4v) is 9.68. The zero-order chi connectivity index (χ0) is 73.2. The number of carbonyl (C=O) groups is 6. The molecule has 102 heavy (non-hydrogen) atoms. The molecule has 6 aromatic heterocycles. The molecule has 0 aliphatic heterocycles. The average molecular weight is 1410 g/mol. The van der Waals surface area contributed by atoms with Gasteiger partial charge in [-0.2, -0.15) is 0 Å². The van der Waals surface area contributed by atoms with E-state index in [2.05, 4.69) is 0 Å². The molecule has 6 aromatic carbocycles. The number of aromatic carboxylic acids is 6. The van der Waals surface area contributed by atoms with E-state index in [-0.39, 0.29) is 140 Å². The van der Waals surface area contributed by atoms with Crippen LogP contribution in [-0.2, 0) is 0 Å². The predicted molar refractivity (Wildman–Crippen MR) is 348 cm³/mol. The normalized spacial score (nSPS) is 11.1. The highest BCUT2D eigenvalue weighted by molar-refractivity contribution is 5.94. The van der Waals surface area contributed by atoms with E-state index >= 15 is 0 Å². The Kier molecular flexibility index (Phi) is 21.3. The maximum atomic E-state index is 12.3. The van der Waals surface area contributed by atoms with Crippen LogP contribution in [0.15, 0.2) is 201 Å². The Labute approximate surface area is 563 Å². The minimum absolute atomic E-state index is 0.0105. The fourth-order valence-electron chi connectivity index (χ4n) is 9.68. The summed E-state index contributed by atoms with van der Waals surface area (Å²) in [5.74, 6) is -11.0. The molecule has 522 valence electrons. The van der Waals surface area contributed by atoms with Gasteiger partial charge in [-0.15, -0.1) is 0 Å². The second-order valence-corrected chi connectivity index (χ2v) is 21.3. The van der Waals surface area contributed by atoms with E-state index < -0.39 is 121 Å². The molecule has 0 spiro atoms. The van der Waals surface area contributed by atoms with Crippen molar-refractivity contribution in [2.75, 3.05) is 39.6 Å². The number of hydrogen-bond donors (Lipinski definition) is 9. The lowest BCUT2D eigenvalue weighted by atomic mass is 10.2. The van der Waals surface area contributed by atoms with Crippen molar-refractivity contribution < 1.29 is 130 Å². The van der Waals surface area contributed by atoms with Gasteiger partial charge in [0, 0.05) is 36.4 Å². The number of hydrogen-bond acceptors (Lipinski definition) is 27. The quantitative estimate of drug-likeness (QED) is 0.0318. The second-order valence-electron chi connectivity index (χ2n) is 21.3. The number of ether oxygens (including phenoxy) is 6. The Morgan fingerprint density at radius 3 is 0.520 bits per heavy atom. The average Bonchev–Trinajstić information content (AvgIpc) is 0.835. The molecule has 0 saturated carbocycles. The predicted octanol–water partition coefficient (Wildman–Crippen LogP) is 6.34. The zero-order valence-corrected chi connectivity index (χ0v) is 51.7. The number of fused-ring (bicyclic) bond motifs is 6. The summed E-state index contributed by atoms with van der Waals surface area (Å²) in [6, 6.07) is 31.2. The Hall–Kier alpha value is -13.9. The first-order valence-electron chi connectivity index (χ1n) is 29.3. The summed E-state index contributed by atoms with van der Waals surface area (Å²) in [5.41, 5.74) is -3.67. The SMILES string of the molecule is O=C(O)c1cc(=O)c2c(OCC(O)COc3cccc4oc(C(=O)O)cc(=O)c34)cccc2o1.O=C(O)c1cc(=O)c2c(OCC(O)COc3cccc4oc(C(=O)O)cc(=O)c34)cccc2o1.O=C(O)c1cc(=O)c2c(OCC(O)COc3cccc4oc(C(=O)O)cc(=O)c34)cccc2o1. The molecular formula is C69H48O33. The van der Waals surface area contributed by atoms with E-state index in [1.165, 1.54) is 109 Å². The van der Waals surface area contributed by atoms with Crippen molar-refractivity contribution in [2.24, 2.45) is 0 Å². The molecule has 0 aliphatic rings. The molecule has 0 saturated heterocycles. The third-order valence-corrected chi connectivity index (χ3v) is 14.2. The van der Waals surface area contributed by atoms with Crippen molar-refractivity contribution in [2.45, 2.75) is 18.3 Å². The summed E-state index contributed by atoms with van der Waals surface area (Å²) in [6.45, 7) is -1.82. The van der Waals surface area contributed by atoms with Crippen LogP contribution >= 0.6 is 0 Å². The summed E-state index contributed by atoms with van der Waals surface area (Å²) in [4.78, 5) is 140. The summed E-state index contributed by atoms with van der Waals surface area (Å²) in [6.07, 6.45) is -3.58. The molecular weight excluding hydrogens is 1360 g/mol. The zero-order valence-electron chi connectivity index (χ0n) is 51.7.